The van der Waals surface area contributed by atoms with Crippen molar-refractivity contribution in [1.29, 1.82) is 0 Å². The molecule has 0 fully saturated rings. The molecule has 6 nitrogen and oxygen atoms in total. The number of hydrogen-bond acceptors (Lipinski definition) is 6. The second kappa shape index (κ2) is 6.89. The van der Waals surface area contributed by atoms with E-state index in [0.29, 0.717) is 17.2 Å². The summed E-state index contributed by atoms with van der Waals surface area (Å²) in [5.41, 5.74) is 1.44. The molecule has 0 aliphatic rings. The summed E-state index contributed by atoms with van der Waals surface area (Å²) in [7, 11) is 0. The van der Waals surface area contributed by atoms with Crippen LogP contribution in [0.2, 0.25) is 5.02 Å². The summed E-state index contributed by atoms with van der Waals surface area (Å²) in [5.74, 6) is 0.400. The molecule has 4 rings (SSSR count). The van der Waals surface area contributed by atoms with Gasteiger partial charge in [0.05, 0.1) is 10.7 Å². The first-order chi connectivity index (χ1) is 12.7. The van der Waals surface area contributed by atoms with Gasteiger partial charge in [0.15, 0.2) is 5.82 Å². The van der Waals surface area contributed by atoms with E-state index < -0.39 is 5.82 Å². The van der Waals surface area contributed by atoms with Gasteiger partial charge in [0, 0.05) is 11.8 Å². The normalized spacial score (nSPS) is 10.7. The van der Waals surface area contributed by atoms with Crippen LogP contribution in [0.25, 0.3) is 22.8 Å². The lowest BCUT2D eigenvalue weighted by Crippen LogP contribution is -1.99. The van der Waals surface area contributed by atoms with E-state index in [9.17, 15) is 4.39 Å². The first-order valence-corrected chi connectivity index (χ1v) is 8.01. The van der Waals surface area contributed by atoms with Gasteiger partial charge in [-0.15, -0.1) is 0 Å². The second-order valence-electron chi connectivity index (χ2n) is 5.30. The standard InChI is InChI=1S/C18H11ClFN5O/c19-13-7-4-8-14(15(13)20)23-17-12(9-21-10-22-17)18-24-16(25-26-18)11-5-2-1-3-6-11/h1-10H,(H,21,22,23). The predicted molar refractivity (Wildman–Crippen MR) is 95.5 cm³/mol. The molecule has 2 aromatic heterocycles. The molecule has 8 heteroatoms. The number of hydrogen-bond donors (Lipinski definition) is 1. The van der Waals surface area contributed by atoms with E-state index in [0.717, 1.165) is 5.56 Å². The van der Waals surface area contributed by atoms with E-state index in [1.165, 1.54) is 18.6 Å². The topological polar surface area (TPSA) is 76.7 Å². The van der Waals surface area contributed by atoms with Crippen LogP contribution in [0.1, 0.15) is 0 Å². The zero-order valence-electron chi connectivity index (χ0n) is 13.2. The van der Waals surface area contributed by atoms with Crippen molar-refractivity contribution in [3.8, 4) is 22.8 Å². The Morgan fingerprint density at radius 1 is 1.04 bits per heavy atom. The molecule has 0 atom stereocenters. The minimum atomic E-state index is -0.575. The Morgan fingerprint density at radius 2 is 1.88 bits per heavy atom. The van der Waals surface area contributed by atoms with Gasteiger partial charge in [-0.25, -0.2) is 14.4 Å². The third kappa shape index (κ3) is 3.12. The lowest BCUT2D eigenvalue weighted by atomic mass is 10.2. The summed E-state index contributed by atoms with van der Waals surface area (Å²) in [6.45, 7) is 0. The van der Waals surface area contributed by atoms with E-state index in [1.807, 2.05) is 30.3 Å². The number of nitrogens with zero attached hydrogens (tertiary/aromatic N) is 4. The molecule has 26 heavy (non-hydrogen) atoms. The monoisotopic (exact) mass is 367 g/mol. The van der Waals surface area contributed by atoms with E-state index in [4.69, 9.17) is 16.1 Å². The highest BCUT2D eigenvalue weighted by atomic mass is 35.5. The second-order valence-corrected chi connectivity index (χ2v) is 5.71. The molecule has 0 saturated carbocycles. The Morgan fingerprint density at radius 3 is 2.73 bits per heavy atom. The molecule has 2 aromatic carbocycles. The number of nitrogens with one attached hydrogen (secondary N) is 1. The molecule has 128 valence electrons. The summed E-state index contributed by atoms with van der Waals surface area (Å²) in [6, 6.07) is 14.1. The Kier molecular flexibility index (Phi) is 4.28. The Hall–Kier alpha value is -3.32. The first-order valence-electron chi connectivity index (χ1n) is 7.63. The van der Waals surface area contributed by atoms with Crippen molar-refractivity contribution in [3.63, 3.8) is 0 Å². The highest BCUT2D eigenvalue weighted by Crippen LogP contribution is 2.30. The zero-order chi connectivity index (χ0) is 17.9. The van der Waals surface area contributed by atoms with Crippen molar-refractivity contribution in [2.45, 2.75) is 0 Å². The quantitative estimate of drug-likeness (QED) is 0.562. The molecule has 0 bridgehead atoms. The van der Waals surface area contributed by atoms with Gasteiger partial charge in [-0.3, -0.25) is 0 Å². The summed E-state index contributed by atoms with van der Waals surface area (Å²) < 4.78 is 19.5. The lowest BCUT2D eigenvalue weighted by molar-refractivity contribution is 0.432. The maximum Gasteiger partial charge on any atom is 0.263 e. The van der Waals surface area contributed by atoms with Crippen molar-refractivity contribution in [2.24, 2.45) is 0 Å². The summed E-state index contributed by atoms with van der Waals surface area (Å²) in [6.07, 6.45) is 2.85. The van der Waals surface area contributed by atoms with Crippen LogP contribution in [-0.2, 0) is 0 Å². The van der Waals surface area contributed by atoms with Gasteiger partial charge in [-0.05, 0) is 12.1 Å². The fourth-order valence-electron chi connectivity index (χ4n) is 2.35. The van der Waals surface area contributed by atoms with Crippen LogP contribution in [-0.4, -0.2) is 20.1 Å². The van der Waals surface area contributed by atoms with Crippen molar-refractivity contribution >= 4 is 23.1 Å². The van der Waals surface area contributed by atoms with Crippen LogP contribution < -0.4 is 5.32 Å². The van der Waals surface area contributed by atoms with Crippen LogP contribution in [0, 0.1) is 5.82 Å². The minimum absolute atomic E-state index is 0.00904. The summed E-state index contributed by atoms with van der Waals surface area (Å²) in [4.78, 5) is 12.5. The Labute approximate surface area is 152 Å². The van der Waals surface area contributed by atoms with E-state index >= 15 is 0 Å². The molecule has 0 saturated heterocycles. The van der Waals surface area contributed by atoms with Gasteiger partial charge < -0.3 is 9.84 Å². The molecule has 4 aromatic rings. The predicted octanol–water partition coefficient (Wildman–Crippen LogP) is 4.73. The van der Waals surface area contributed by atoms with Crippen LogP contribution in [0.4, 0.5) is 15.9 Å². The van der Waals surface area contributed by atoms with Gasteiger partial charge in [0.2, 0.25) is 5.82 Å². The largest absolute Gasteiger partial charge is 0.337 e. The molecular weight excluding hydrogens is 357 g/mol. The number of anilines is 2. The fraction of sp³-hybridized carbons (Fsp3) is 0. The SMILES string of the molecule is Fc1c(Cl)cccc1Nc1ncncc1-c1nc(-c2ccccc2)no1. The molecule has 0 spiro atoms. The van der Waals surface area contributed by atoms with E-state index in [2.05, 4.69) is 25.4 Å². The van der Waals surface area contributed by atoms with Crippen LogP contribution in [0.15, 0.2) is 65.6 Å². The van der Waals surface area contributed by atoms with Crippen molar-refractivity contribution in [2.75, 3.05) is 5.32 Å². The van der Waals surface area contributed by atoms with Crippen molar-refractivity contribution in [3.05, 3.63) is 71.9 Å². The third-order valence-electron chi connectivity index (χ3n) is 3.61. The van der Waals surface area contributed by atoms with Crippen molar-refractivity contribution < 1.29 is 8.91 Å². The molecule has 0 aliphatic heterocycles. The lowest BCUT2D eigenvalue weighted by Gasteiger charge is -2.09. The van der Waals surface area contributed by atoms with Gasteiger partial charge in [0.1, 0.15) is 17.7 Å². The Balaban J connectivity index is 1.71. The molecule has 2 heterocycles. The zero-order valence-corrected chi connectivity index (χ0v) is 14.0. The average molecular weight is 368 g/mol. The molecule has 0 radical (unpaired) electrons. The molecule has 0 unspecified atom stereocenters. The van der Waals surface area contributed by atoms with Crippen LogP contribution >= 0.6 is 11.6 Å². The number of aromatic nitrogens is 4. The summed E-state index contributed by atoms with van der Waals surface area (Å²) >= 11 is 5.82. The minimum Gasteiger partial charge on any atom is -0.337 e. The smallest absolute Gasteiger partial charge is 0.263 e. The first kappa shape index (κ1) is 16.2. The van der Waals surface area contributed by atoms with E-state index in [-0.39, 0.29) is 16.6 Å². The van der Waals surface area contributed by atoms with Gasteiger partial charge in [0.25, 0.3) is 5.89 Å². The van der Waals surface area contributed by atoms with Crippen LogP contribution in [0.5, 0.6) is 0 Å². The van der Waals surface area contributed by atoms with Gasteiger partial charge in [-0.2, -0.15) is 4.98 Å². The van der Waals surface area contributed by atoms with Crippen LogP contribution in [0.3, 0.4) is 0 Å². The summed E-state index contributed by atoms with van der Waals surface area (Å²) in [5, 5.41) is 6.88. The van der Waals surface area contributed by atoms with Gasteiger partial charge in [-0.1, -0.05) is 53.2 Å². The average Bonchev–Trinajstić information content (AvgIpc) is 3.17. The highest BCUT2D eigenvalue weighted by molar-refractivity contribution is 6.31. The molecular formula is C18H11ClFN5O. The molecule has 0 aliphatic carbocycles. The van der Waals surface area contributed by atoms with Crippen molar-refractivity contribution in [1.82, 2.24) is 20.1 Å². The highest BCUT2D eigenvalue weighted by Gasteiger charge is 2.17. The molecule has 1 N–H and O–H groups in total. The van der Waals surface area contributed by atoms with E-state index in [1.54, 1.807) is 12.1 Å². The van der Waals surface area contributed by atoms with Gasteiger partial charge >= 0.3 is 0 Å². The Bertz CT molecular complexity index is 1050. The maximum absolute atomic E-state index is 14.2. The number of benzene rings is 2. The number of halogens is 2. The maximum atomic E-state index is 14.2. The molecule has 0 amide bonds. The number of rotatable bonds is 4. The third-order valence-corrected chi connectivity index (χ3v) is 3.90. The fourth-order valence-corrected chi connectivity index (χ4v) is 2.53.